The molecule has 0 radical (unpaired) electrons. The minimum atomic E-state index is -5.06. The van der Waals surface area contributed by atoms with Crippen molar-refractivity contribution in [3.8, 4) is 5.88 Å². The third-order valence-electron chi connectivity index (χ3n) is 1.38. The van der Waals surface area contributed by atoms with Gasteiger partial charge in [-0.2, -0.15) is 9.37 Å². The molecule has 1 rings (SSSR count). The van der Waals surface area contributed by atoms with Crippen LogP contribution in [0, 0.1) is 5.95 Å². The molecule has 0 atom stereocenters. The van der Waals surface area contributed by atoms with E-state index in [-0.39, 0.29) is 0 Å². The second-order valence-corrected chi connectivity index (χ2v) is 3.35. The normalized spacial score (nSPS) is 12.0. The molecular formula is C7H2BrF6NO. The molecule has 0 saturated heterocycles. The molecule has 9 heteroatoms. The highest BCUT2D eigenvalue weighted by molar-refractivity contribution is 9.10. The van der Waals surface area contributed by atoms with E-state index in [9.17, 15) is 26.3 Å². The quantitative estimate of drug-likeness (QED) is 0.612. The predicted octanol–water partition coefficient (Wildman–Crippen LogP) is 3.82. The Morgan fingerprint density at radius 2 is 1.88 bits per heavy atom. The van der Waals surface area contributed by atoms with E-state index in [1.807, 2.05) is 0 Å². The Bertz CT molecular complexity index is 370. The molecule has 1 aromatic heterocycles. The van der Waals surface area contributed by atoms with Crippen molar-refractivity contribution in [3.63, 3.8) is 0 Å². The van der Waals surface area contributed by atoms with Crippen LogP contribution < -0.4 is 4.74 Å². The van der Waals surface area contributed by atoms with Crippen LogP contribution in [0.3, 0.4) is 0 Å². The molecule has 0 fully saturated rings. The number of aromatic nitrogens is 1. The maximum absolute atomic E-state index is 12.9. The molecule has 1 heterocycles. The van der Waals surface area contributed by atoms with Crippen LogP contribution in [-0.2, 0) is 0 Å². The number of rotatable bonds is 2. The number of ether oxygens (including phenoxy) is 1. The van der Waals surface area contributed by atoms with E-state index in [0.29, 0.717) is 6.07 Å². The molecule has 0 spiro atoms. The topological polar surface area (TPSA) is 22.1 Å². The van der Waals surface area contributed by atoms with Crippen molar-refractivity contribution in [2.24, 2.45) is 0 Å². The lowest BCUT2D eigenvalue weighted by molar-refractivity contribution is -0.276. The average Bonchev–Trinajstić information content (AvgIpc) is 1.96. The number of hydrogen-bond acceptors (Lipinski definition) is 2. The van der Waals surface area contributed by atoms with Crippen LogP contribution in [-0.4, -0.2) is 11.3 Å². The summed E-state index contributed by atoms with van der Waals surface area (Å²) in [6.07, 6.45) is -8.26. The summed E-state index contributed by atoms with van der Waals surface area (Å²) in [5.41, 5.74) is -1.12. The van der Waals surface area contributed by atoms with Crippen LogP contribution in [0.15, 0.2) is 10.5 Å². The fourth-order valence-electron chi connectivity index (χ4n) is 0.839. The summed E-state index contributed by atoms with van der Waals surface area (Å²) < 4.78 is 75.1. The minimum Gasteiger partial charge on any atom is -0.388 e. The maximum Gasteiger partial charge on any atom is 0.574 e. The number of hydrogen-bond donors (Lipinski definition) is 0. The average molecular weight is 310 g/mol. The molecule has 0 amide bonds. The van der Waals surface area contributed by atoms with Gasteiger partial charge in [0.1, 0.15) is 0 Å². The van der Waals surface area contributed by atoms with E-state index in [1.54, 1.807) is 0 Å². The van der Waals surface area contributed by atoms with Gasteiger partial charge in [-0.3, -0.25) is 0 Å². The summed E-state index contributed by atoms with van der Waals surface area (Å²) in [5, 5.41) is 0. The van der Waals surface area contributed by atoms with Crippen LogP contribution in [0.1, 0.15) is 12.0 Å². The van der Waals surface area contributed by atoms with E-state index in [4.69, 9.17) is 0 Å². The summed E-state index contributed by atoms with van der Waals surface area (Å²) in [7, 11) is 0. The van der Waals surface area contributed by atoms with E-state index in [1.165, 1.54) is 0 Å². The van der Waals surface area contributed by atoms with Gasteiger partial charge in [-0.05, 0) is 15.9 Å². The van der Waals surface area contributed by atoms with Gasteiger partial charge in [0.2, 0.25) is 11.8 Å². The van der Waals surface area contributed by atoms with Crippen LogP contribution in [0.2, 0.25) is 0 Å². The summed E-state index contributed by atoms with van der Waals surface area (Å²) in [4.78, 5) is 2.62. The van der Waals surface area contributed by atoms with Gasteiger partial charge in [0.25, 0.3) is 6.43 Å². The standard InChI is InChI=1S/C7H2BrF6NO/c8-2-1-3(16-7(12,13)14)15-6(11)4(2)5(9)10/h1,5H. The maximum atomic E-state index is 12.9. The highest BCUT2D eigenvalue weighted by atomic mass is 79.9. The fraction of sp³-hybridized carbons (Fsp3) is 0.286. The lowest BCUT2D eigenvalue weighted by atomic mass is 10.3. The molecule has 0 saturated carbocycles. The van der Waals surface area contributed by atoms with Gasteiger partial charge in [0.05, 0.1) is 5.56 Å². The van der Waals surface area contributed by atoms with Crippen molar-refractivity contribution in [1.82, 2.24) is 4.98 Å². The molecule has 90 valence electrons. The highest BCUT2D eigenvalue weighted by Gasteiger charge is 2.33. The number of alkyl halides is 5. The second kappa shape index (κ2) is 4.48. The number of halogens is 7. The van der Waals surface area contributed by atoms with Crippen LogP contribution in [0.25, 0.3) is 0 Å². The fourth-order valence-corrected chi connectivity index (χ4v) is 1.37. The van der Waals surface area contributed by atoms with E-state index in [2.05, 4.69) is 25.7 Å². The first-order valence-electron chi connectivity index (χ1n) is 3.60. The first kappa shape index (κ1) is 13.1. The molecule has 0 aliphatic rings. The molecule has 0 aliphatic carbocycles. The van der Waals surface area contributed by atoms with Crippen molar-refractivity contribution in [1.29, 1.82) is 0 Å². The molecule has 1 aromatic rings. The number of nitrogens with zero attached hydrogens (tertiary/aromatic N) is 1. The van der Waals surface area contributed by atoms with Crippen molar-refractivity contribution in [3.05, 3.63) is 22.1 Å². The lowest BCUT2D eigenvalue weighted by Crippen LogP contribution is -2.18. The van der Waals surface area contributed by atoms with Crippen LogP contribution in [0.5, 0.6) is 5.88 Å². The Hall–Kier alpha value is -0.990. The third-order valence-corrected chi connectivity index (χ3v) is 2.03. The summed E-state index contributed by atoms with van der Waals surface area (Å²) in [5.74, 6) is -2.87. The van der Waals surface area contributed by atoms with Crippen molar-refractivity contribution in [2.45, 2.75) is 12.8 Å². The first-order chi connectivity index (χ1) is 7.20. The van der Waals surface area contributed by atoms with E-state index < -0.39 is 34.7 Å². The Labute approximate surface area is 93.4 Å². The SMILES string of the molecule is Fc1nc(OC(F)(F)F)cc(Br)c1C(F)F. The van der Waals surface area contributed by atoms with Gasteiger partial charge in [0, 0.05) is 10.5 Å². The van der Waals surface area contributed by atoms with Crippen molar-refractivity contribution >= 4 is 15.9 Å². The number of pyridine rings is 1. The van der Waals surface area contributed by atoms with Crippen molar-refractivity contribution in [2.75, 3.05) is 0 Å². The zero-order valence-electron chi connectivity index (χ0n) is 7.16. The van der Waals surface area contributed by atoms with E-state index in [0.717, 1.165) is 0 Å². The Morgan fingerprint density at radius 3 is 2.25 bits per heavy atom. The molecule has 0 N–H and O–H groups in total. The second-order valence-electron chi connectivity index (χ2n) is 2.50. The summed E-state index contributed by atoms with van der Waals surface area (Å²) >= 11 is 2.50. The molecule has 0 aromatic carbocycles. The smallest absolute Gasteiger partial charge is 0.388 e. The first-order valence-corrected chi connectivity index (χ1v) is 4.40. The zero-order chi connectivity index (χ0) is 12.5. The third kappa shape index (κ3) is 3.26. The molecule has 0 unspecified atom stereocenters. The van der Waals surface area contributed by atoms with Gasteiger partial charge < -0.3 is 4.74 Å². The zero-order valence-corrected chi connectivity index (χ0v) is 8.74. The van der Waals surface area contributed by atoms with Gasteiger partial charge >= 0.3 is 6.36 Å². The van der Waals surface area contributed by atoms with Gasteiger partial charge in [-0.15, -0.1) is 13.2 Å². The highest BCUT2D eigenvalue weighted by Crippen LogP contribution is 2.32. The lowest BCUT2D eigenvalue weighted by Gasteiger charge is -2.10. The molecule has 2 nitrogen and oxygen atoms in total. The molecule has 0 bridgehead atoms. The van der Waals surface area contributed by atoms with Gasteiger partial charge in [0.15, 0.2) is 0 Å². The summed E-state index contributed by atoms with van der Waals surface area (Å²) in [6.45, 7) is 0. The Morgan fingerprint density at radius 1 is 1.31 bits per heavy atom. The van der Waals surface area contributed by atoms with E-state index >= 15 is 0 Å². The minimum absolute atomic E-state index is 0.512. The Balaban J connectivity index is 3.10. The molecule has 0 aliphatic heterocycles. The summed E-state index contributed by atoms with van der Waals surface area (Å²) in [6, 6.07) is 0.512. The largest absolute Gasteiger partial charge is 0.574 e. The van der Waals surface area contributed by atoms with Crippen molar-refractivity contribution < 1.29 is 31.1 Å². The van der Waals surface area contributed by atoms with Gasteiger partial charge in [-0.1, -0.05) is 0 Å². The van der Waals surface area contributed by atoms with Crippen LogP contribution in [0.4, 0.5) is 26.3 Å². The van der Waals surface area contributed by atoms with Gasteiger partial charge in [-0.25, -0.2) is 8.78 Å². The Kier molecular flexibility index (Phi) is 3.66. The monoisotopic (exact) mass is 309 g/mol. The van der Waals surface area contributed by atoms with Crippen LogP contribution >= 0.6 is 15.9 Å². The molecule has 16 heavy (non-hydrogen) atoms. The molecular weight excluding hydrogens is 308 g/mol. The predicted molar refractivity (Wildman–Crippen MR) is 43.5 cm³/mol.